The van der Waals surface area contributed by atoms with E-state index in [0.29, 0.717) is 0 Å². The molecule has 2 heterocycles. The van der Waals surface area contributed by atoms with Gasteiger partial charge in [0.1, 0.15) is 11.5 Å². The van der Waals surface area contributed by atoms with Crippen molar-refractivity contribution in [3.8, 4) is 39.4 Å². The van der Waals surface area contributed by atoms with Crippen LogP contribution in [0.2, 0.25) is 0 Å². The number of ether oxygens (including phenoxy) is 1. The standard InChI is InChI=1S/C38H23NO/c1-2-13-27(14-3-1)39-32-18-7-6-16-30(32)38-33(39)23-25-10-4-5-15-28(25)37(38)26-20-21-34-31(22-26)29-17-8-11-24-12-9-19-35(40-34)36(24)29/h1-23H. The van der Waals surface area contributed by atoms with E-state index in [1.807, 2.05) is 0 Å². The van der Waals surface area contributed by atoms with Gasteiger partial charge in [-0.25, -0.2) is 0 Å². The Hall–Kier alpha value is -5.34. The van der Waals surface area contributed by atoms with Crippen LogP contribution >= 0.6 is 0 Å². The summed E-state index contributed by atoms with van der Waals surface area (Å²) in [5, 5.41) is 7.38. The van der Waals surface area contributed by atoms with Gasteiger partial charge in [-0.3, -0.25) is 0 Å². The Kier molecular flexibility index (Phi) is 4.36. The first-order chi connectivity index (χ1) is 19.8. The fraction of sp³-hybridized carbons (Fsp3) is 0. The van der Waals surface area contributed by atoms with Gasteiger partial charge in [0.15, 0.2) is 0 Å². The van der Waals surface area contributed by atoms with Crippen LogP contribution in [0.25, 0.3) is 71.3 Å². The highest BCUT2D eigenvalue weighted by atomic mass is 16.5. The van der Waals surface area contributed by atoms with Crippen LogP contribution in [0.5, 0.6) is 11.5 Å². The van der Waals surface area contributed by atoms with E-state index in [9.17, 15) is 0 Å². The second-order valence-electron chi connectivity index (χ2n) is 10.5. The predicted molar refractivity (Wildman–Crippen MR) is 167 cm³/mol. The van der Waals surface area contributed by atoms with E-state index in [0.717, 1.165) is 22.7 Å². The maximum Gasteiger partial charge on any atom is 0.135 e. The molecule has 0 fully saturated rings. The number of para-hydroxylation sites is 2. The van der Waals surface area contributed by atoms with Crippen molar-refractivity contribution in [2.45, 2.75) is 0 Å². The molecule has 0 unspecified atom stereocenters. The summed E-state index contributed by atoms with van der Waals surface area (Å²) in [7, 11) is 0. The normalized spacial score (nSPS) is 12.2. The van der Waals surface area contributed by atoms with Gasteiger partial charge in [-0.1, -0.05) is 97.1 Å². The average Bonchev–Trinajstić information content (AvgIpc) is 3.34. The number of nitrogens with zero attached hydrogens (tertiary/aromatic N) is 1. The van der Waals surface area contributed by atoms with Crippen LogP contribution in [0.15, 0.2) is 140 Å². The minimum absolute atomic E-state index is 0.901. The van der Waals surface area contributed by atoms with Gasteiger partial charge >= 0.3 is 0 Å². The van der Waals surface area contributed by atoms with E-state index in [2.05, 4.69) is 144 Å². The van der Waals surface area contributed by atoms with Crippen LogP contribution in [0.4, 0.5) is 0 Å². The van der Waals surface area contributed by atoms with Crippen molar-refractivity contribution in [2.75, 3.05) is 0 Å². The van der Waals surface area contributed by atoms with Gasteiger partial charge in [-0.05, 0) is 75.3 Å². The highest BCUT2D eigenvalue weighted by Crippen LogP contribution is 2.49. The largest absolute Gasteiger partial charge is 0.456 e. The van der Waals surface area contributed by atoms with Gasteiger partial charge in [-0.2, -0.15) is 0 Å². The van der Waals surface area contributed by atoms with Crippen molar-refractivity contribution in [1.29, 1.82) is 0 Å². The van der Waals surface area contributed by atoms with Crippen molar-refractivity contribution < 1.29 is 4.74 Å². The van der Waals surface area contributed by atoms with Gasteiger partial charge in [0, 0.05) is 27.4 Å². The summed E-state index contributed by atoms with van der Waals surface area (Å²) in [6, 6.07) is 50.1. The van der Waals surface area contributed by atoms with Crippen LogP contribution in [-0.2, 0) is 0 Å². The molecule has 2 heteroatoms. The van der Waals surface area contributed by atoms with E-state index in [1.54, 1.807) is 0 Å². The van der Waals surface area contributed by atoms with Crippen molar-refractivity contribution in [2.24, 2.45) is 0 Å². The fourth-order valence-corrected chi connectivity index (χ4v) is 6.67. The lowest BCUT2D eigenvalue weighted by atomic mass is 9.89. The van der Waals surface area contributed by atoms with Crippen molar-refractivity contribution in [1.82, 2.24) is 4.57 Å². The average molecular weight is 510 g/mol. The molecule has 2 nitrogen and oxygen atoms in total. The summed E-state index contributed by atoms with van der Waals surface area (Å²) < 4.78 is 8.85. The van der Waals surface area contributed by atoms with Crippen LogP contribution in [0.1, 0.15) is 0 Å². The number of hydrogen-bond acceptors (Lipinski definition) is 1. The van der Waals surface area contributed by atoms with Crippen molar-refractivity contribution in [3.63, 3.8) is 0 Å². The molecule has 1 aliphatic heterocycles. The number of benzene rings is 7. The van der Waals surface area contributed by atoms with Crippen molar-refractivity contribution in [3.05, 3.63) is 140 Å². The Morgan fingerprint density at radius 3 is 2.10 bits per heavy atom. The smallest absolute Gasteiger partial charge is 0.135 e. The highest BCUT2D eigenvalue weighted by Gasteiger charge is 2.23. The van der Waals surface area contributed by atoms with Crippen molar-refractivity contribution >= 4 is 43.4 Å². The zero-order chi connectivity index (χ0) is 26.2. The number of rotatable bonds is 2. The van der Waals surface area contributed by atoms with E-state index in [4.69, 9.17) is 4.74 Å². The SMILES string of the molecule is c1ccc(-n2c3ccccc3c3c(-c4ccc5c(c4)-c4cccc6cccc(c46)O5)c4ccccc4cc32)cc1. The van der Waals surface area contributed by atoms with Gasteiger partial charge in [0.2, 0.25) is 0 Å². The van der Waals surface area contributed by atoms with Gasteiger partial charge in [-0.15, -0.1) is 0 Å². The van der Waals surface area contributed by atoms with Gasteiger partial charge in [0.05, 0.1) is 11.0 Å². The maximum absolute atomic E-state index is 6.44. The van der Waals surface area contributed by atoms with Crippen LogP contribution in [0, 0.1) is 0 Å². The monoisotopic (exact) mass is 509 g/mol. The molecule has 0 saturated heterocycles. The van der Waals surface area contributed by atoms with E-state index < -0.39 is 0 Å². The molecular formula is C38H23NO. The molecule has 1 aromatic heterocycles. The molecule has 0 N–H and O–H groups in total. The summed E-state index contributed by atoms with van der Waals surface area (Å²) in [6.45, 7) is 0. The molecule has 0 aliphatic carbocycles. The van der Waals surface area contributed by atoms with Crippen LogP contribution in [-0.4, -0.2) is 4.57 Å². The second kappa shape index (κ2) is 8.08. The minimum atomic E-state index is 0.901. The number of hydrogen-bond donors (Lipinski definition) is 0. The lowest BCUT2D eigenvalue weighted by Gasteiger charge is -2.22. The lowest BCUT2D eigenvalue weighted by Crippen LogP contribution is -1.97. The maximum atomic E-state index is 6.44. The van der Waals surface area contributed by atoms with Crippen LogP contribution < -0.4 is 4.74 Å². The molecule has 0 saturated carbocycles. The Labute approximate surface area is 231 Å². The molecule has 0 bridgehead atoms. The molecule has 8 aromatic rings. The summed E-state index contributed by atoms with van der Waals surface area (Å²) >= 11 is 0. The molecule has 0 atom stereocenters. The fourth-order valence-electron chi connectivity index (χ4n) is 6.67. The molecule has 0 spiro atoms. The second-order valence-corrected chi connectivity index (χ2v) is 10.5. The molecule has 7 aromatic carbocycles. The van der Waals surface area contributed by atoms with Gasteiger partial charge in [0.25, 0.3) is 0 Å². The molecule has 0 radical (unpaired) electrons. The Morgan fingerprint density at radius 2 is 1.20 bits per heavy atom. The third-order valence-electron chi connectivity index (χ3n) is 8.34. The van der Waals surface area contributed by atoms with E-state index >= 15 is 0 Å². The van der Waals surface area contributed by atoms with Crippen LogP contribution in [0.3, 0.4) is 0 Å². The molecular weight excluding hydrogens is 486 g/mol. The lowest BCUT2D eigenvalue weighted by molar-refractivity contribution is 0.487. The highest BCUT2D eigenvalue weighted by molar-refractivity contribution is 6.23. The summed E-state index contributed by atoms with van der Waals surface area (Å²) in [5.74, 6) is 1.82. The Balaban J connectivity index is 1.42. The summed E-state index contributed by atoms with van der Waals surface area (Å²) in [6.07, 6.45) is 0. The third-order valence-corrected chi connectivity index (χ3v) is 8.34. The third kappa shape index (κ3) is 2.93. The van der Waals surface area contributed by atoms with E-state index in [1.165, 1.54) is 60.0 Å². The Bertz CT molecular complexity index is 2290. The first-order valence-electron chi connectivity index (χ1n) is 13.7. The zero-order valence-corrected chi connectivity index (χ0v) is 21.6. The minimum Gasteiger partial charge on any atom is -0.456 e. The molecule has 40 heavy (non-hydrogen) atoms. The summed E-state index contributed by atoms with van der Waals surface area (Å²) in [5.41, 5.74) is 8.39. The molecule has 0 amide bonds. The quantitative estimate of drug-likeness (QED) is 0.226. The summed E-state index contributed by atoms with van der Waals surface area (Å²) in [4.78, 5) is 0. The number of aromatic nitrogens is 1. The molecule has 1 aliphatic rings. The zero-order valence-electron chi connectivity index (χ0n) is 21.6. The first-order valence-corrected chi connectivity index (χ1v) is 13.7. The van der Waals surface area contributed by atoms with Gasteiger partial charge < -0.3 is 9.30 Å². The Morgan fingerprint density at radius 1 is 0.450 bits per heavy atom. The predicted octanol–water partition coefficient (Wildman–Crippen LogP) is 10.5. The topological polar surface area (TPSA) is 14.2 Å². The number of fused-ring (bicyclic) bond motifs is 6. The van der Waals surface area contributed by atoms with E-state index in [-0.39, 0.29) is 0 Å². The molecule has 9 rings (SSSR count). The first kappa shape index (κ1) is 21.6. The molecule has 186 valence electrons.